The largest absolute Gasteiger partial charge is 0.398 e. The molecule has 0 aliphatic carbocycles. The topological polar surface area (TPSA) is 43.1 Å². The summed E-state index contributed by atoms with van der Waals surface area (Å²) in [4.78, 5) is 0.650. The molecule has 0 bridgehead atoms. The van der Waals surface area contributed by atoms with Crippen molar-refractivity contribution >= 4 is 39.7 Å². The maximum absolute atomic E-state index is 12.3. The average Bonchev–Trinajstić information content (AvgIpc) is 2.33. The van der Waals surface area contributed by atoms with E-state index in [-0.39, 0.29) is 0 Å². The minimum atomic E-state index is -1.20. The maximum atomic E-state index is 12.3. The second-order valence-electron chi connectivity index (χ2n) is 4.28. The lowest BCUT2D eigenvalue weighted by molar-refractivity contribution is 0.683. The monoisotopic (exact) mass is 313 g/mol. The van der Waals surface area contributed by atoms with Crippen molar-refractivity contribution in [2.45, 2.75) is 17.6 Å². The zero-order chi connectivity index (χ0) is 14.0. The van der Waals surface area contributed by atoms with Crippen LogP contribution >= 0.6 is 23.2 Å². The molecule has 1 atom stereocenters. The third kappa shape index (κ3) is 3.50. The van der Waals surface area contributed by atoms with Crippen LogP contribution in [0.4, 0.5) is 5.69 Å². The van der Waals surface area contributed by atoms with Gasteiger partial charge in [0.15, 0.2) is 0 Å². The van der Waals surface area contributed by atoms with Crippen molar-refractivity contribution in [3.63, 3.8) is 0 Å². The Hall–Kier alpha value is -1.03. The van der Waals surface area contributed by atoms with Gasteiger partial charge in [-0.2, -0.15) is 0 Å². The Kier molecular flexibility index (Phi) is 4.50. The van der Waals surface area contributed by atoms with Gasteiger partial charge in [-0.1, -0.05) is 35.3 Å². The first kappa shape index (κ1) is 14.4. The highest BCUT2D eigenvalue weighted by Crippen LogP contribution is 2.25. The van der Waals surface area contributed by atoms with E-state index in [4.69, 9.17) is 28.9 Å². The lowest BCUT2D eigenvalue weighted by atomic mass is 10.2. The highest BCUT2D eigenvalue weighted by molar-refractivity contribution is 7.84. The quantitative estimate of drug-likeness (QED) is 0.863. The number of nitrogens with two attached hydrogens (primary N) is 1. The first-order valence-corrected chi connectivity index (χ1v) is 7.73. The average molecular weight is 314 g/mol. The summed E-state index contributed by atoms with van der Waals surface area (Å²) in [5.41, 5.74) is 8.36. The van der Waals surface area contributed by atoms with Crippen molar-refractivity contribution in [2.24, 2.45) is 0 Å². The molecule has 100 valence electrons. The Morgan fingerprint density at radius 3 is 2.47 bits per heavy atom. The van der Waals surface area contributed by atoms with Gasteiger partial charge in [0.2, 0.25) is 0 Å². The van der Waals surface area contributed by atoms with E-state index in [1.165, 1.54) is 0 Å². The second-order valence-corrected chi connectivity index (χ2v) is 6.51. The summed E-state index contributed by atoms with van der Waals surface area (Å²) in [5, 5.41) is 0.957. The van der Waals surface area contributed by atoms with Gasteiger partial charge in [-0.15, -0.1) is 0 Å². The van der Waals surface area contributed by atoms with Crippen molar-refractivity contribution in [3.8, 4) is 0 Å². The van der Waals surface area contributed by atoms with E-state index in [0.717, 1.165) is 11.1 Å². The normalized spacial score (nSPS) is 12.4. The fourth-order valence-corrected chi connectivity index (χ4v) is 3.23. The Bertz CT molecular complexity index is 643. The summed E-state index contributed by atoms with van der Waals surface area (Å²) in [6, 6.07) is 10.8. The predicted molar refractivity (Wildman–Crippen MR) is 82.2 cm³/mol. The summed E-state index contributed by atoms with van der Waals surface area (Å²) in [6.07, 6.45) is 0. The fraction of sp³-hybridized carbons (Fsp3) is 0.143. The van der Waals surface area contributed by atoms with Crippen LogP contribution in [-0.2, 0) is 16.6 Å². The Labute approximate surface area is 125 Å². The minimum absolute atomic E-state index is 0.365. The molecule has 1 unspecified atom stereocenters. The molecule has 0 saturated heterocycles. The Balaban J connectivity index is 2.23. The molecule has 2 aromatic carbocycles. The number of halogens is 2. The van der Waals surface area contributed by atoms with Gasteiger partial charge >= 0.3 is 0 Å². The van der Waals surface area contributed by atoms with Gasteiger partial charge in [-0.3, -0.25) is 4.21 Å². The standard InChI is InChI=1S/C14H13Cl2NOS/c1-9-2-5-14(13(17)6-9)19(18)8-10-3-4-11(15)12(16)7-10/h2-7H,8,17H2,1H3. The molecular weight excluding hydrogens is 301 g/mol. The zero-order valence-electron chi connectivity index (χ0n) is 10.3. The lowest BCUT2D eigenvalue weighted by Crippen LogP contribution is -2.01. The van der Waals surface area contributed by atoms with E-state index in [0.29, 0.717) is 26.4 Å². The lowest BCUT2D eigenvalue weighted by Gasteiger charge is -2.07. The molecule has 0 fully saturated rings. The fourth-order valence-electron chi connectivity index (χ4n) is 1.73. The molecule has 0 aliphatic heterocycles. The molecule has 0 aliphatic rings. The maximum Gasteiger partial charge on any atom is 0.0621 e. The number of hydrogen-bond donors (Lipinski definition) is 1. The van der Waals surface area contributed by atoms with E-state index >= 15 is 0 Å². The van der Waals surface area contributed by atoms with Gasteiger partial charge in [0.25, 0.3) is 0 Å². The molecule has 2 aromatic rings. The van der Waals surface area contributed by atoms with Crippen LogP contribution in [0.25, 0.3) is 0 Å². The van der Waals surface area contributed by atoms with Crippen LogP contribution in [0.15, 0.2) is 41.3 Å². The number of rotatable bonds is 3. The molecule has 5 heteroatoms. The number of aryl methyl sites for hydroxylation is 1. The van der Waals surface area contributed by atoms with E-state index < -0.39 is 10.8 Å². The molecule has 19 heavy (non-hydrogen) atoms. The van der Waals surface area contributed by atoms with Crippen molar-refractivity contribution in [1.82, 2.24) is 0 Å². The molecule has 2 N–H and O–H groups in total. The molecule has 0 heterocycles. The van der Waals surface area contributed by atoms with Crippen LogP contribution in [0.1, 0.15) is 11.1 Å². The Morgan fingerprint density at radius 1 is 1.11 bits per heavy atom. The van der Waals surface area contributed by atoms with Crippen molar-refractivity contribution in [2.75, 3.05) is 5.73 Å². The molecule has 2 nitrogen and oxygen atoms in total. The third-order valence-electron chi connectivity index (χ3n) is 2.69. The second kappa shape index (κ2) is 5.95. The first-order valence-electron chi connectivity index (χ1n) is 5.66. The molecular formula is C14H13Cl2NOS. The zero-order valence-corrected chi connectivity index (χ0v) is 12.6. The summed E-state index contributed by atoms with van der Waals surface area (Å²) in [6.45, 7) is 1.95. The van der Waals surface area contributed by atoms with Crippen LogP contribution in [0.3, 0.4) is 0 Å². The summed E-state index contributed by atoms with van der Waals surface area (Å²) in [5.74, 6) is 0.365. The number of anilines is 1. The molecule has 0 aromatic heterocycles. The third-order valence-corrected chi connectivity index (χ3v) is 4.89. The highest BCUT2D eigenvalue weighted by Gasteiger charge is 2.10. The number of benzene rings is 2. The molecule has 0 radical (unpaired) electrons. The molecule has 0 spiro atoms. The van der Waals surface area contributed by atoms with Crippen LogP contribution in [0.2, 0.25) is 10.0 Å². The summed E-state index contributed by atoms with van der Waals surface area (Å²) >= 11 is 11.8. The van der Waals surface area contributed by atoms with Gasteiger partial charge in [0.1, 0.15) is 0 Å². The Morgan fingerprint density at radius 2 is 1.84 bits per heavy atom. The first-order chi connectivity index (χ1) is 8.97. The van der Waals surface area contributed by atoms with Crippen molar-refractivity contribution in [1.29, 1.82) is 0 Å². The van der Waals surface area contributed by atoms with Crippen molar-refractivity contribution < 1.29 is 4.21 Å². The molecule has 0 saturated carbocycles. The van der Waals surface area contributed by atoms with Crippen LogP contribution in [0, 0.1) is 6.92 Å². The van der Waals surface area contributed by atoms with Gasteiger partial charge in [-0.25, -0.2) is 0 Å². The van der Waals surface area contributed by atoms with Crippen LogP contribution < -0.4 is 5.73 Å². The van der Waals surface area contributed by atoms with Crippen molar-refractivity contribution in [3.05, 3.63) is 57.6 Å². The van der Waals surface area contributed by atoms with Gasteiger partial charge in [0.05, 0.1) is 31.5 Å². The predicted octanol–water partition coefficient (Wildman–Crippen LogP) is 4.19. The van der Waals surface area contributed by atoms with Gasteiger partial charge in [-0.05, 0) is 42.3 Å². The van der Waals surface area contributed by atoms with Crippen LogP contribution in [0.5, 0.6) is 0 Å². The molecule has 0 amide bonds. The van der Waals surface area contributed by atoms with Gasteiger partial charge in [0, 0.05) is 5.69 Å². The van der Waals surface area contributed by atoms with E-state index in [2.05, 4.69) is 0 Å². The minimum Gasteiger partial charge on any atom is -0.398 e. The van der Waals surface area contributed by atoms with E-state index in [9.17, 15) is 4.21 Å². The van der Waals surface area contributed by atoms with E-state index in [1.807, 2.05) is 25.1 Å². The smallest absolute Gasteiger partial charge is 0.0621 e. The number of hydrogen-bond acceptors (Lipinski definition) is 2. The summed E-state index contributed by atoms with van der Waals surface area (Å²) < 4.78 is 12.3. The SMILES string of the molecule is Cc1ccc(S(=O)Cc2ccc(Cl)c(Cl)c2)c(N)c1. The highest BCUT2D eigenvalue weighted by atomic mass is 35.5. The van der Waals surface area contributed by atoms with Gasteiger partial charge < -0.3 is 5.73 Å². The number of nitrogen functional groups attached to an aromatic ring is 1. The van der Waals surface area contributed by atoms with Crippen LogP contribution in [-0.4, -0.2) is 4.21 Å². The molecule has 2 rings (SSSR count). The van der Waals surface area contributed by atoms with E-state index in [1.54, 1.807) is 18.2 Å². The summed E-state index contributed by atoms with van der Waals surface area (Å²) in [7, 11) is -1.20.